The van der Waals surface area contributed by atoms with E-state index >= 15 is 0 Å². The lowest BCUT2D eigenvalue weighted by molar-refractivity contribution is -0.385. The number of nitro benzene ring substituents is 1. The predicted molar refractivity (Wildman–Crippen MR) is 102 cm³/mol. The molecule has 4 N–H and O–H groups in total. The first-order chi connectivity index (χ1) is 14.5. The fraction of sp³-hybridized carbons (Fsp3) is 0.158. The van der Waals surface area contributed by atoms with E-state index in [1.165, 1.54) is 19.1 Å². The van der Waals surface area contributed by atoms with Crippen LogP contribution in [0.1, 0.15) is 24.1 Å². The summed E-state index contributed by atoms with van der Waals surface area (Å²) < 4.78 is 38.8. The first-order valence-electron chi connectivity index (χ1n) is 8.71. The highest BCUT2D eigenvalue weighted by Gasteiger charge is 2.34. The van der Waals surface area contributed by atoms with Crippen molar-refractivity contribution in [2.75, 3.05) is 5.32 Å². The predicted octanol–water partition coefficient (Wildman–Crippen LogP) is 3.59. The molecule has 12 heteroatoms. The molecule has 2 aromatic rings. The second kappa shape index (κ2) is 7.97. The van der Waals surface area contributed by atoms with E-state index in [2.05, 4.69) is 16.0 Å². The average molecular weight is 436 g/mol. The van der Waals surface area contributed by atoms with Crippen LogP contribution in [-0.4, -0.2) is 22.0 Å². The van der Waals surface area contributed by atoms with E-state index in [1.807, 2.05) is 0 Å². The Labute approximate surface area is 172 Å². The summed E-state index contributed by atoms with van der Waals surface area (Å²) in [7, 11) is 0. The van der Waals surface area contributed by atoms with E-state index in [1.54, 1.807) is 0 Å². The molecular formula is C19H15F3N4O5. The van der Waals surface area contributed by atoms with Gasteiger partial charge in [0.15, 0.2) is 5.75 Å². The molecule has 0 saturated heterocycles. The molecule has 9 nitrogen and oxygen atoms in total. The number of aromatic hydroxyl groups is 1. The quantitative estimate of drug-likeness (QED) is 0.429. The Hall–Kier alpha value is -4.09. The number of amides is 3. The molecule has 1 heterocycles. The number of nitrogens with one attached hydrogen (secondary N) is 3. The van der Waals surface area contributed by atoms with Crippen molar-refractivity contribution in [2.45, 2.75) is 19.1 Å². The third-order valence-electron chi connectivity index (χ3n) is 4.49. The normalized spacial score (nSPS) is 16.4. The molecule has 0 radical (unpaired) electrons. The van der Waals surface area contributed by atoms with Crippen LogP contribution in [0.3, 0.4) is 0 Å². The van der Waals surface area contributed by atoms with Gasteiger partial charge >= 0.3 is 17.9 Å². The number of rotatable bonds is 4. The third kappa shape index (κ3) is 4.57. The number of alkyl halides is 3. The average Bonchev–Trinajstić information content (AvgIpc) is 2.67. The van der Waals surface area contributed by atoms with Gasteiger partial charge in [-0.1, -0.05) is 12.1 Å². The topological polar surface area (TPSA) is 134 Å². The second-order valence-electron chi connectivity index (χ2n) is 6.61. The minimum absolute atomic E-state index is 0.0722. The minimum Gasteiger partial charge on any atom is -0.502 e. The van der Waals surface area contributed by atoms with Gasteiger partial charge in [-0.15, -0.1) is 0 Å². The number of phenolic OH excluding ortho intramolecular Hbond substituents is 1. The van der Waals surface area contributed by atoms with Crippen molar-refractivity contribution >= 4 is 23.3 Å². The van der Waals surface area contributed by atoms with Gasteiger partial charge in [0.2, 0.25) is 0 Å². The Morgan fingerprint density at radius 2 is 1.94 bits per heavy atom. The van der Waals surface area contributed by atoms with Crippen molar-refractivity contribution in [1.82, 2.24) is 10.6 Å². The van der Waals surface area contributed by atoms with Crippen LogP contribution in [0, 0.1) is 10.1 Å². The number of allylic oxidation sites excluding steroid dienone is 1. The summed E-state index contributed by atoms with van der Waals surface area (Å²) in [6.45, 7) is 1.40. The Morgan fingerprint density at radius 1 is 1.23 bits per heavy atom. The van der Waals surface area contributed by atoms with Gasteiger partial charge in [-0.05, 0) is 36.8 Å². The zero-order valence-electron chi connectivity index (χ0n) is 15.8. The van der Waals surface area contributed by atoms with Gasteiger partial charge in [0.25, 0.3) is 5.91 Å². The van der Waals surface area contributed by atoms with Gasteiger partial charge in [0, 0.05) is 17.5 Å². The summed E-state index contributed by atoms with van der Waals surface area (Å²) in [6, 6.07) is 5.47. The molecule has 162 valence electrons. The smallest absolute Gasteiger partial charge is 0.416 e. The maximum absolute atomic E-state index is 12.9. The van der Waals surface area contributed by atoms with E-state index in [0.717, 1.165) is 30.3 Å². The van der Waals surface area contributed by atoms with Gasteiger partial charge in [0.1, 0.15) is 0 Å². The van der Waals surface area contributed by atoms with Gasteiger partial charge in [-0.2, -0.15) is 13.2 Å². The van der Waals surface area contributed by atoms with Gasteiger partial charge in [-0.25, -0.2) is 4.79 Å². The first kappa shape index (κ1) is 21.6. The zero-order valence-corrected chi connectivity index (χ0v) is 15.8. The number of anilines is 1. The van der Waals surface area contributed by atoms with Crippen molar-refractivity contribution in [1.29, 1.82) is 0 Å². The standard InChI is InChI=1S/C19H15F3N4O5/c1-9-15(17(28)24-12-4-2-3-11(8-12)19(20,21)22)16(25-18(29)23-9)10-5-6-14(27)13(7-10)26(30)31/h2-8,16,27H,1H3,(H,24,28)(H2,23,25,29)/t16-/m0/s1. The summed E-state index contributed by atoms with van der Waals surface area (Å²) in [5.74, 6) is -1.44. The van der Waals surface area contributed by atoms with Crippen molar-refractivity contribution < 1.29 is 32.8 Å². The van der Waals surface area contributed by atoms with Crippen LogP contribution >= 0.6 is 0 Å². The Bertz CT molecular complexity index is 1110. The van der Waals surface area contributed by atoms with Gasteiger partial charge in [0.05, 0.1) is 22.1 Å². The van der Waals surface area contributed by atoms with Gasteiger partial charge < -0.3 is 21.1 Å². The summed E-state index contributed by atoms with van der Waals surface area (Å²) in [5, 5.41) is 27.9. The van der Waals surface area contributed by atoms with Crippen LogP contribution in [0.2, 0.25) is 0 Å². The number of carbonyl (C=O) groups is 2. The van der Waals surface area contributed by atoms with E-state index in [0.29, 0.717) is 0 Å². The lowest BCUT2D eigenvalue weighted by Gasteiger charge is -2.28. The number of phenols is 1. The summed E-state index contributed by atoms with van der Waals surface area (Å²) in [5.41, 5.74) is -1.58. The molecule has 3 rings (SSSR count). The lowest BCUT2D eigenvalue weighted by atomic mass is 9.94. The fourth-order valence-electron chi connectivity index (χ4n) is 3.08. The van der Waals surface area contributed by atoms with Crippen molar-refractivity contribution in [3.05, 3.63) is 75.0 Å². The molecule has 1 aliphatic heterocycles. The minimum atomic E-state index is -4.61. The molecule has 31 heavy (non-hydrogen) atoms. The molecule has 0 fully saturated rings. The number of nitrogens with zero attached hydrogens (tertiary/aromatic N) is 1. The maximum Gasteiger partial charge on any atom is 0.416 e. The molecule has 3 amide bonds. The van der Waals surface area contributed by atoms with E-state index in [4.69, 9.17) is 0 Å². The molecule has 0 aliphatic carbocycles. The summed E-state index contributed by atoms with van der Waals surface area (Å²) >= 11 is 0. The molecule has 0 spiro atoms. The zero-order chi connectivity index (χ0) is 22.9. The Kier molecular flexibility index (Phi) is 5.56. The molecule has 0 saturated carbocycles. The fourth-order valence-corrected chi connectivity index (χ4v) is 3.08. The Balaban J connectivity index is 1.98. The highest BCUT2D eigenvalue weighted by Crippen LogP contribution is 2.34. The highest BCUT2D eigenvalue weighted by atomic mass is 19.4. The van der Waals surface area contributed by atoms with Crippen molar-refractivity contribution in [2.24, 2.45) is 0 Å². The summed E-state index contributed by atoms with van der Waals surface area (Å²) in [6.07, 6.45) is -4.61. The third-order valence-corrected chi connectivity index (χ3v) is 4.49. The molecule has 0 aromatic heterocycles. The first-order valence-corrected chi connectivity index (χ1v) is 8.71. The largest absolute Gasteiger partial charge is 0.502 e. The van der Waals surface area contributed by atoms with E-state index < -0.39 is 46.1 Å². The monoisotopic (exact) mass is 436 g/mol. The number of halogens is 3. The highest BCUT2D eigenvalue weighted by molar-refractivity contribution is 6.06. The number of benzene rings is 2. The SMILES string of the molecule is CC1=C(C(=O)Nc2cccc(C(F)(F)F)c2)[C@H](c2ccc(O)c([N+](=O)[O-])c2)NC(=O)N1. The second-order valence-corrected chi connectivity index (χ2v) is 6.61. The van der Waals surface area contributed by atoms with Crippen LogP contribution in [0.5, 0.6) is 5.75 Å². The van der Waals surface area contributed by atoms with Crippen LogP contribution in [0.4, 0.5) is 29.3 Å². The molecule has 0 unspecified atom stereocenters. The van der Waals surface area contributed by atoms with Crippen LogP contribution < -0.4 is 16.0 Å². The van der Waals surface area contributed by atoms with E-state index in [9.17, 15) is 38.0 Å². The Morgan fingerprint density at radius 3 is 2.58 bits per heavy atom. The molecular weight excluding hydrogens is 421 g/mol. The van der Waals surface area contributed by atoms with E-state index in [-0.39, 0.29) is 22.5 Å². The number of nitro groups is 1. The maximum atomic E-state index is 12.9. The van der Waals surface area contributed by atoms with Crippen LogP contribution in [-0.2, 0) is 11.0 Å². The number of urea groups is 1. The number of hydrogen-bond donors (Lipinski definition) is 4. The summed E-state index contributed by atoms with van der Waals surface area (Å²) in [4.78, 5) is 35.1. The molecule has 1 atom stereocenters. The lowest BCUT2D eigenvalue weighted by Crippen LogP contribution is -2.46. The molecule has 0 bridgehead atoms. The number of hydrogen-bond acceptors (Lipinski definition) is 5. The van der Waals surface area contributed by atoms with Crippen LogP contribution in [0.25, 0.3) is 0 Å². The van der Waals surface area contributed by atoms with Crippen molar-refractivity contribution in [3.8, 4) is 5.75 Å². The molecule has 2 aromatic carbocycles. The van der Waals surface area contributed by atoms with Crippen molar-refractivity contribution in [3.63, 3.8) is 0 Å². The van der Waals surface area contributed by atoms with Crippen LogP contribution in [0.15, 0.2) is 53.7 Å². The van der Waals surface area contributed by atoms with Gasteiger partial charge in [-0.3, -0.25) is 14.9 Å². The molecule has 1 aliphatic rings. The number of carbonyl (C=O) groups excluding carboxylic acids is 2.